The first-order valence-corrected chi connectivity index (χ1v) is 8.03. The Morgan fingerprint density at radius 1 is 1.33 bits per heavy atom. The Bertz CT molecular complexity index is 605. The van der Waals surface area contributed by atoms with Crippen molar-refractivity contribution in [1.82, 2.24) is 10.2 Å². The Morgan fingerprint density at radius 3 is 2.71 bits per heavy atom. The molecule has 2 atom stereocenters. The summed E-state index contributed by atoms with van der Waals surface area (Å²) < 4.78 is 10.5. The molecule has 0 aromatic heterocycles. The van der Waals surface area contributed by atoms with Crippen LogP contribution >= 0.6 is 0 Å². The molecule has 2 amide bonds. The summed E-state index contributed by atoms with van der Waals surface area (Å²) >= 11 is 0. The Hall–Kier alpha value is -2.28. The van der Waals surface area contributed by atoms with Crippen molar-refractivity contribution in [1.29, 1.82) is 0 Å². The molecule has 0 saturated carbocycles. The average molecular weight is 335 g/mol. The number of ether oxygens (including phenoxy) is 2. The average Bonchev–Trinajstić information content (AvgIpc) is 2.97. The van der Waals surface area contributed by atoms with Gasteiger partial charge in [-0.2, -0.15) is 0 Å². The van der Waals surface area contributed by atoms with Crippen LogP contribution < -0.4 is 20.5 Å². The molecule has 0 radical (unpaired) electrons. The summed E-state index contributed by atoms with van der Waals surface area (Å²) in [6.45, 7) is 2.75. The van der Waals surface area contributed by atoms with Gasteiger partial charge in [-0.3, -0.25) is 9.59 Å². The van der Waals surface area contributed by atoms with Crippen molar-refractivity contribution in [3.05, 3.63) is 23.8 Å². The summed E-state index contributed by atoms with van der Waals surface area (Å²) in [6, 6.07) is 4.61. The molecule has 0 bridgehead atoms. The molecule has 0 aliphatic carbocycles. The molecule has 1 fully saturated rings. The molecule has 1 saturated heterocycles. The van der Waals surface area contributed by atoms with E-state index in [9.17, 15) is 9.59 Å². The first-order chi connectivity index (χ1) is 11.5. The van der Waals surface area contributed by atoms with Crippen LogP contribution in [0.15, 0.2) is 18.2 Å². The van der Waals surface area contributed by atoms with E-state index in [4.69, 9.17) is 15.2 Å². The number of nitrogens with two attached hydrogens (primary N) is 1. The van der Waals surface area contributed by atoms with Gasteiger partial charge in [0.1, 0.15) is 17.5 Å². The maximum atomic E-state index is 12.7. The lowest BCUT2D eigenvalue weighted by Crippen LogP contribution is -2.46. The van der Waals surface area contributed by atoms with Crippen LogP contribution in [-0.2, 0) is 16.0 Å². The third-order valence-corrected chi connectivity index (χ3v) is 4.14. The molecule has 7 nitrogen and oxygen atoms in total. The van der Waals surface area contributed by atoms with Crippen molar-refractivity contribution in [2.75, 3.05) is 27.3 Å². The van der Waals surface area contributed by atoms with Crippen LogP contribution in [0, 0.1) is 0 Å². The molecule has 1 aromatic carbocycles. The third kappa shape index (κ3) is 3.97. The molecule has 24 heavy (non-hydrogen) atoms. The van der Waals surface area contributed by atoms with E-state index in [-0.39, 0.29) is 24.3 Å². The van der Waals surface area contributed by atoms with E-state index in [2.05, 4.69) is 5.32 Å². The lowest BCUT2D eigenvalue weighted by molar-refractivity contribution is -0.137. The van der Waals surface area contributed by atoms with Crippen molar-refractivity contribution >= 4 is 11.8 Å². The molecular formula is C17H25N3O4. The Labute approximate surface area is 142 Å². The quantitative estimate of drug-likeness (QED) is 0.780. The minimum absolute atomic E-state index is 0.128. The Morgan fingerprint density at radius 2 is 2.08 bits per heavy atom. The molecular weight excluding hydrogens is 310 g/mol. The van der Waals surface area contributed by atoms with E-state index >= 15 is 0 Å². The molecule has 2 rings (SSSR count). The van der Waals surface area contributed by atoms with Gasteiger partial charge in [0, 0.05) is 24.7 Å². The van der Waals surface area contributed by atoms with E-state index in [0.717, 1.165) is 5.56 Å². The first kappa shape index (κ1) is 18.1. The zero-order valence-corrected chi connectivity index (χ0v) is 14.4. The van der Waals surface area contributed by atoms with Gasteiger partial charge >= 0.3 is 0 Å². The van der Waals surface area contributed by atoms with Crippen LogP contribution in [-0.4, -0.2) is 56.1 Å². The SMILES string of the molecule is CCNC(=O)[C@@H]1C[C@@H](N)CN1C(=O)Cc1cc(OC)ccc1OC. The lowest BCUT2D eigenvalue weighted by atomic mass is 10.1. The highest BCUT2D eigenvalue weighted by molar-refractivity contribution is 5.89. The zero-order valence-electron chi connectivity index (χ0n) is 14.4. The Kier molecular flexibility index (Phi) is 6.03. The highest BCUT2D eigenvalue weighted by Crippen LogP contribution is 2.26. The number of rotatable bonds is 6. The second kappa shape index (κ2) is 8.01. The molecule has 132 valence electrons. The smallest absolute Gasteiger partial charge is 0.242 e. The van der Waals surface area contributed by atoms with Crippen molar-refractivity contribution in [2.24, 2.45) is 5.73 Å². The number of methoxy groups -OCH3 is 2. The van der Waals surface area contributed by atoms with Gasteiger partial charge in [0.25, 0.3) is 0 Å². The van der Waals surface area contributed by atoms with Crippen LogP contribution in [0.5, 0.6) is 11.5 Å². The number of likely N-dealkylation sites (N-methyl/N-ethyl adjacent to an activating group) is 1. The molecule has 1 aliphatic rings. The van der Waals surface area contributed by atoms with Crippen LogP contribution in [0.4, 0.5) is 0 Å². The minimum Gasteiger partial charge on any atom is -0.497 e. The van der Waals surface area contributed by atoms with Gasteiger partial charge < -0.3 is 25.4 Å². The number of nitrogens with zero attached hydrogens (tertiary/aromatic N) is 1. The van der Waals surface area contributed by atoms with Gasteiger partial charge in [0.15, 0.2) is 0 Å². The van der Waals surface area contributed by atoms with E-state index in [1.54, 1.807) is 37.3 Å². The number of amides is 2. The van der Waals surface area contributed by atoms with Crippen molar-refractivity contribution < 1.29 is 19.1 Å². The molecule has 1 heterocycles. The predicted molar refractivity (Wildman–Crippen MR) is 90.0 cm³/mol. The summed E-state index contributed by atoms with van der Waals surface area (Å²) in [6.07, 6.45) is 0.607. The van der Waals surface area contributed by atoms with Crippen molar-refractivity contribution in [3.63, 3.8) is 0 Å². The maximum Gasteiger partial charge on any atom is 0.242 e. The molecule has 1 aromatic rings. The third-order valence-electron chi connectivity index (χ3n) is 4.14. The minimum atomic E-state index is -0.510. The van der Waals surface area contributed by atoms with E-state index in [0.29, 0.717) is 31.0 Å². The van der Waals surface area contributed by atoms with Crippen molar-refractivity contribution in [2.45, 2.75) is 31.8 Å². The van der Waals surface area contributed by atoms with Crippen LogP contribution in [0.25, 0.3) is 0 Å². The number of carbonyl (C=O) groups excluding carboxylic acids is 2. The molecule has 1 aliphatic heterocycles. The van der Waals surface area contributed by atoms with Gasteiger partial charge in [-0.15, -0.1) is 0 Å². The fraction of sp³-hybridized carbons (Fsp3) is 0.529. The highest BCUT2D eigenvalue weighted by atomic mass is 16.5. The number of nitrogens with one attached hydrogen (secondary N) is 1. The highest BCUT2D eigenvalue weighted by Gasteiger charge is 2.37. The van der Waals surface area contributed by atoms with Crippen molar-refractivity contribution in [3.8, 4) is 11.5 Å². The first-order valence-electron chi connectivity index (χ1n) is 8.03. The number of carbonyl (C=O) groups is 2. The number of likely N-dealkylation sites (tertiary alicyclic amines) is 1. The monoisotopic (exact) mass is 335 g/mol. The van der Waals surface area contributed by atoms with E-state index in [1.165, 1.54) is 0 Å². The molecule has 0 unspecified atom stereocenters. The lowest BCUT2D eigenvalue weighted by Gasteiger charge is -2.24. The topological polar surface area (TPSA) is 93.9 Å². The summed E-state index contributed by atoms with van der Waals surface area (Å²) in [5.74, 6) is 0.960. The van der Waals surface area contributed by atoms with Gasteiger partial charge in [-0.1, -0.05) is 0 Å². The van der Waals surface area contributed by atoms with Gasteiger partial charge in [-0.05, 0) is 31.5 Å². The zero-order chi connectivity index (χ0) is 17.7. The van der Waals surface area contributed by atoms with E-state index < -0.39 is 6.04 Å². The molecule has 0 spiro atoms. The predicted octanol–water partition coefficient (Wildman–Crippen LogP) is 0.311. The second-order valence-electron chi connectivity index (χ2n) is 5.81. The molecule has 7 heteroatoms. The van der Waals surface area contributed by atoms with Crippen LogP contribution in [0.3, 0.4) is 0 Å². The van der Waals surface area contributed by atoms with E-state index in [1.807, 2.05) is 6.92 Å². The summed E-state index contributed by atoms with van der Waals surface area (Å²) in [4.78, 5) is 26.5. The number of hydrogen-bond acceptors (Lipinski definition) is 5. The normalized spacial score (nSPS) is 19.9. The van der Waals surface area contributed by atoms with Crippen LogP contribution in [0.2, 0.25) is 0 Å². The fourth-order valence-corrected chi connectivity index (χ4v) is 2.97. The largest absolute Gasteiger partial charge is 0.497 e. The summed E-state index contributed by atoms with van der Waals surface area (Å²) in [5.41, 5.74) is 6.68. The number of hydrogen-bond donors (Lipinski definition) is 2. The van der Waals surface area contributed by atoms with Gasteiger partial charge in [0.05, 0.1) is 20.6 Å². The fourth-order valence-electron chi connectivity index (χ4n) is 2.97. The number of benzene rings is 1. The summed E-state index contributed by atoms with van der Waals surface area (Å²) in [7, 11) is 3.12. The Balaban J connectivity index is 2.17. The second-order valence-corrected chi connectivity index (χ2v) is 5.81. The van der Waals surface area contributed by atoms with Crippen LogP contribution in [0.1, 0.15) is 18.9 Å². The standard InChI is InChI=1S/C17H25N3O4/c1-4-19-17(22)14-9-12(18)10-20(14)16(21)8-11-7-13(23-2)5-6-15(11)24-3/h5-7,12,14H,4,8-10,18H2,1-3H3,(H,19,22)/t12-,14+/m1/s1. The summed E-state index contributed by atoms with van der Waals surface area (Å²) in [5, 5.41) is 2.76. The molecule has 3 N–H and O–H groups in total. The maximum absolute atomic E-state index is 12.7. The van der Waals surface area contributed by atoms with Gasteiger partial charge in [0.2, 0.25) is 11.8 Å². The van der Waals surface area contributed by atoms with Gasteiger partial charge in [-0.25, -0.2) is 0 Å².